The Morgan fingerprint density at radius 1 is 1.33 bits per heavy atom. The molecule has 0 bridgehead atoms. The summed E-state index contributed by atoms with van der Waals surface area (Å²) in [6, 6.07) is 2.40. The maximum Gasteiger partial charge on any atom is 0.255 e. The topological polar surface area (TPSA) is 98.5 Å². The first-order valence-electron chi connectivity index (χ1n) is 6.29. The number of carbonyl (C=O) groups excluding carboxylic acids is 1. The van der Waals surface area contributed by atoms with Crippen LogP contribution in [0.15, 0.2) is 17.0 Å². The molecule has 0 saturated carbocycles. The van der Waals surface area contributed by atoms with E-state index in [-0.39, 0.29) is 33.2 Å². The molecule has 6 nitrogen and oxygen atoms in total. The van der Waals surface area contributed by atoms with Gasteiger partial charge in [0, 0.05) is 11.1 Å². The van der Waals surface area contributed by atoms with Crippen molar-refractivity contribution in [1.82, 2.24) is 5.32 Å². The predicted octanol–water partition coefficient (Wildman–Crippen LogP) is 1.77. The summed E-state index contributed by atoms with van der Waals surface area (Å²) < 4.78 is 28.2. The van der Waals surface area contributed by atoms with Gasteiger partial charge in [0.15, 0.2) is 5.75 Å². The van der Waals surface area contributed by atoms with Gasteiger partial charge < -0.3 is 10.1 Å². The summed E-state index contributed by atoms with van der Waals surface area (Å²) in [7, 11) is -2.79. The highest BCUT2D eigenvalue weighted by molar-refractivity contribution is 7.89. The highest BCUT2D eigenvalue weighted by Gasteiger charge is 2.24. The van der Waals surface area contributed by atoms with E-state index in [4.69, 9.17) is 21.5 Å². The zero-order valence-corrected chi connectivity index (χ0v) is 13.9. The third-order valence-electron chi connectivity index (χ3n) is 3.13. The zero-order chi connectivity index (χ0) is 16.4. The first kappa shape index (κ1) is 17.7. The molecule has 0 spiro atoms. The molecule has 1 aromatic carbocycles. The molecular weight excluding hydrogens is 316 g/mol. The van der Waals surface area contributed by atoms with Gasteiger partial charge in [0.25, 0.3) is 5.91 Å². The third kappa shape index (κ3) is 4.33. The van der Waals surface area contributed by atoms with Gasteiger partial charge in [0.1, 0.15) is 4.90 Å². The molecule has 0 radical (unpaired) electrons. The van der Waals surface area contributed by atoms with Crippen LogP contribution in [-0.2, 0) is 10.0 Å². The Morgan fingerprint density at radius 3 is 2.33 bits per heavy atom. The highest BCUT2D eigenvalue weighted by Crippen LogP contribution is 2.31. The second-order valence-electron chi connectivity index (χ2n) is 5.04. The number of methoxy groups -OCH3 is 1. The second kappa shape index (κ2) is 6.64. The van der Waals surface area contributed by atoms with Gasteiger partial charge in [0.05, 0.1) is 12.7 Å². The van der Waals surface area contributed by atoms with E-state index in [2.05, 4.69) is 5.32 Å². The fourth-order valence-electron chi connectivity index (χ4n) is 1.61. The van der Waals surface area contributed by atoms with Crippen molar-refractivity contribution in [2.45, 2.75) is 31.7 Å². The Morgan fingerprint density at radius 2 is 1.90 bits per heavy atom. The fourth-order valence-corrected chi connectivity index (χ4v) is 2.64. The minimum Gasteiger partial charge on any atom is -0.494 e. The van der Waals surface area contributed by atoms with Crippen molar-refractivity contribution >= 4 is 27.5 Å². The number of amides is 1. The Balaban J connectivity index is 3.36. The molecule has 3 N–H and O–H groups in total. The summed E-state index contributed by atoms with van der Waals surface area (Å²) in [4.78, 5) is 12.0. The van der Waals surface area contributed by atoms with Crippen molar-refractivity contribution in [3.63, 3.8) is 0 Å². The fraction of sp³-hybridized carbons (Fsp3) is 0.462. The molecule has 118 valence electrons. The molecule has 1 rings (SSSR count). The standard InChI is InChI=1S/C13H19ClN2O4S/c1-7(2)8(3)16-13(17)10-5-9(14)6-11(12(10)20-4)21(15,18)19/h5-8H,1-4H3,(H,16,17)(H2,15,18,19). The molecule has 8 heteroatoms. The van der Waals surface area contributed by atoms with E-state index in [9.17, 15) is 13.2 Å². The van der Waals surface area contributed by atoms with Gasteiger partial charge >= 0.3 is 0 Å². The average Bonchev–Trinajstić information content (AvgIpc) is 2.36. The average molecular weight is 335 g/mol. The second-order valence-corrected chi connectivity index (χ2v) is 7.00. The molecule has 1 amide bonds. The highest BCUT2D eigenvalue weighted by atomic mass is 35.5. The number of halogens is 1. The Hall–Kier alpha value is -1.31. The largest absolute Gasteiger partial charge is 0.494 e. The van der Waals surface area contributed by atoms with Crippen LogP contribution in [0.25, 0.3) is 0 Å². The van der Waals surface area contributed by atoms with Gasteiger partial charge in [-0.05, 0) is 25.0 Å². The molecule has 0 heterocycles. The molecule has 0 fully saturated rings. The number of hydrogen-bond acceptors (Lipinski definition) is 4. The van der Waals surface area contributed by atoms with Gasteiger partial charge in [-0.3, -0.25) is 4.79 Å². The maximum atomic E-state index is 12.3. The van der Waals surface area contributed by atoms with Crippen LogP contribution in [-0.4, -0.2) is 27.5 Å². The normalized spacial score (nSPS) is 13.1. The molecule has 1 atom stereocenters. The van der Waals surface area contributed by atoms with E-state index in [1.165, 1.54) is 13.2 Å². The number of primary sulfonamides is 1. The SMILES string of the molecule is COc1c(C(=O)NC(C)C(C)C)cc(Cl)cc1S(N)(=O)=O. The van der Waals surface area contributed by atoms with E-state index in [1.807, 2.05) is 20.8 Å². The maximum absolute atomic E-state index is 12.3. The number of carbonyl (C=O) groups is 1. The Bertz CT molecular complexity index is 644. The van der Waals surface area contributed by atoms with E-state index in [0.717, 1.165) is 6.07 Å². The Labute approximate surface area is 129 Å². The quantitative estimate of drug-likeness (QED) is 0.857. The first-order chi connectivity index (χ1) is 9.57. The van der Waals surface area contributed by atoms with Crippen molar-refractivity contribution in [2.75, 3.05) is 7.11 Å². The van der Waals surface area contributed by atoms with Gasteiger partial charge in [0.2, 0.25) is 10.0 Å². The van der Waals surface area contributed by atoms with Crippen LogP contribution in [0.4, 0.5) is 0 Å². The molecule has 1 aromatic rings. The molecule has 0 aromatic heterocycles. The smallest absolute Gasteiger partial charge is 0.255 e. The number of nitrogens with one attached hydrogen (secondary N) is 1. The summed E-state index contributed by atoms with van der Waals surface area (Å²) in [6.45, 7) is 5.76. The molecular formula is C13H19ClN2O4S. The molecule has 1 unspecified atom stereocenters. The molecule has 0 aliphatic rings. The number of sulfonamides is 1. The number of hydrogen-bond donors (Lipinski definition) is 2. The molecule has 0 saturated heterocycles. The van der Waals surface area contributed by atoms with Crippen molar-refractivity contribution < 1.29 is 17.9 Å². The number of benzene rings is 1. The molecule has 0 aliphatic heterocycles. The molecule has 21 heavy (non-hydrogen) atoms. The van der Waals surface area contributed by atoms with Gasteiger partial charge in [-0.2, -0.15) is 0 Å². The van der Waals surface area contributed by atoms with E-state index < -0.39 is 15.9 Å². The predicted molar refractivity (Wildman–Crippen MR) is 81.1 cm³/mol. The van der Waals surface area contributed by atoms with E-state index in [1.54, 1.807) is 0 Å². The Kier molecular flexibility index (Phi) is 5.61. The van der Waals surface area contributed by atoms with Crippen LogP contribution in [0.1, 0.15) is 31.1 Å². The summed E-state index contributed by atoms with van der Waals surface area (Å²) >= 11 is 5.87. The number of rotatable bonds is 5. The minimum atomic E-state index is -4.06. The van der Waals surface area contributed by atoms with E-state index in [0.29, 0.717) is 0 Å². The van der Waals surface area contributed by atoms with Crippen LogP contribution in [0.3, 0.4) is 0 Å². The summed E-state index contributed by atoms with van der Waals surface area (Å²) in [6.07, 6.45) is 0. The van der Waals surface area contributed by atoms with Gasteiger partial charge in [-0.15, -0.1) is 0 Å². The zero-order valence-electron chi connectivity index (χ0n) is 12.3. The van der Waals surface area contributed by atoms with Crippen molar-refractivity contribution in [1.29, 1.82) is 0 Å². The lowest BCUT2D eigenvalue weighted by atomic mass is 10.1. The van der Waals surface area contributed by atoms with E-state index >= 15 is 0 Å². The van der Waals surface area contributed by atoms with Gasteiger partial charge in [-0.1, -0.05) is 25.4 Å². The summed E-state index contributed by atoms with van der Waals surface area (Å²) in [5.74, 6) is -0.368. The van der Waals surface area contributed by atoms with Crippen molar-refractivity contribution in [3.05, 3.63) is 22.7 Å². The van der Waals surface area contributed by atoms with Crippen LogP contribution in [0, 0.1) is 5.92 Å². The van der Waals surface area contributed by atoms with Crippen molar-refractivity contribution in [2.24, 2.45) is 11.1 Å². The lowest BCUT2D eigenvalue weighted by Gasteiger charge is -2.19. The number of nitrogens with two attached hydrogens (primary N) is 1. The summed E-state index contributed by atoms with van der Waals surface area (Å²) in [5, 5.41) is 7.97. The molecule has 0 aliphatic carbocycles. The van der Waals surface area contributed by atoms with Crippen molar-refractivity contribution in [3.8, 4) is 5.75 Å². The van der Waals surface area contributed by atoms with Crippen LogP contribution >= 0.6 is 11.6 Å². The lowest BCUT2D eigenvalue weighted by molar-refractivity contribution is 0.0927. The monoisotopic (exact) mass is 334 g/mol. The van der Waals surface area contributed by atoms with Crippen LogP contribution in [0.5, 0.6) is 5.75 Å². The third-order valence-corrected chi connectivity index (χ3v) is 4.27. The number of ether oxygens (including phenoxy) is 1. The first-order valence-corrected chi connectivity index (χ1v) is 8.21. The minimum absolute atomic E-state index is 0.0292. The van der Waals surface area contributed by atoms with Gasteiger partial charge in [-0.25, -0.2) is 13.6 Å². The lowest BCUT2D eigenvalue weighted by Crippen LogP contribution is -2.36. The van der Waals surface area contributed by atoms with Crippen LogP contribution in [0.2, 0.25) is 5.02 Å². The summed E-state index contributed by atoms with van der Waals surface area (Å²) in [5.41, 5.74) is 0.0292. The van der Waals surface area contributed by atoms with Crippen LogP contribution < -0.4 is 15.2 Å².